The van der Waals surface area contributed by atoms with Crippen molar-refractivity contribution in [3.05, 3.63) is 57.6 Å². The number of hydrogen-bond donors (Lipinski definition) is 0. The molecule has 28 heavy (non-hydrogen) atoms. The monoisotopic (exact) mass is 443 g/mol. The zero-order valence-electron chi connectivity index (χ0n) is 15.3. The highest BCUT2D eigenvalue weighted by Crippen LogP contribution is 2.44. The lowest BCUT2D eigenvalue weighted by molar-refractivity contribution is -0.150. The van der Waals surface area contributed by atoms with Crippen molar-refractivity contribution in [3.63, 3.8) is 0 Å². The maximum atomic E-state index is 13.2. The molecule has 0 saturated carbocycles. The summed E-state index contributed by atoms with van der Waals surface area (Å²) in [7, 11) is -2.42. The van der Waals surface area contributed by atoms with Gasteiger partial charge in [0, 0.05) is 25.6 Å². The van der Waals surface area contributed by atoms with Gasteiger partial charge in [-0.15, -0.1) is 0 Å². The molecule has 0 N–H and O–H groups in total. The van der Waals surface area contributed by atoms with Gasteiger partial charge in [-0.1, -0.05) is 53.5 Å². The molecule has 0 aliphatic carbocycles. The van der Waals surface area contributed by atoms with E-state index in [1.807, 2.05) is 30.3 Å². The first-order valence-corrected chi connectivity index (χ1v) is 10.8. The highest BCUT2D eigenvalue weighted by Gasteiger charge is 2.38. The number of esters is 1. The van der Waals surface area contributed by atoms with Crippen molar-refractivity contribution >= 4 is 39.2 Å². The number of ether oxygens (including phenoxy) is 2. The van der Waals surface area contributed by atoms with Crippen molar-refractivity contribution < 1.29 is 22.7 Å². The van der Waals surface area contributed by atoms with Crippen LogP contribution >= 0.6 is 23.2 Å². The molecule has 1 aliphatic heterocycles. The number of benzene rings is 2. The zero-order valence-corrected chi connectivity index (χ0v) is 17.6. The number of nitrogens with zero attached hydrogens (tertiary/aromatic N) is 1. The van der Waals surface area contributed by atoms with Crippen molar-refractivity contribution in [2.75, 3.05) is 13.7 Å². The van der Waals surface area contributed by atoms with E-state index in [4.69, 9.17) is 32.7 Å². The Morgan fingerprint density at radius 2 is 1.96 bits per heavy atom. The number of hydrogen-bond acceptors (Lipinski definition) is 5. The smallest absolute Gasteiger partial charge is 0.347 e. The second kappa shape index (κ2) is 8.29. The molecule has 0 spiro atoms. The minimum Gasteiger partial charge on any atom is -0.476 e. The molecule has 2 aromatic carbocycles. The SMILES string of the molecule is CCOC(=O)C1Cc2c(S(=O)(=O)N(C)Cc3ccccc3)cc(Cl)c(Cl)c2O1. The molecule has 0 fully saturated rings. The van der Waals surface area contributed by atoms with Crippen LogP contribution in [0.15, 0.2) is 41.3 Å². The van der Waals surface area contributed by atoms with Crippen LogP contribution in [0.3, 0.4) is 0 Å². The molecule has 0 amide bonds. The lowest BCUT2D eigenvalue weighted by Crippen LogP contribution is -2.28. The molecule has 150 valence electrons. The van der Waals surface area contributed by atoms with Gasteiger partial charge in [0.15, 0.2) is 6.10 Å². The van der Waals surface area contributed by atoms with Gasteiger partial charge in [0.2, 0.25) is 10.0 Å². The molecule has 0 saturated heterocycles. The molecule has 6 nitrogen and oxygen atoms in total. The van der Waals surface area contributed by atoms with Gasteiger partial charge in [-0.25, -0.2) is 13.2 Å². The lowest BCUT2D eigenvalue weighted by Gasteiger charge is -2.19. The van der Waals surface area contributed by atoms with Crippen LogP contribution in [0.2, 0.25) is 10.0 Å². The maximum absolute atomic E-state index is 13.2. The second-order valence-corrected chi connectivity index (χ2v) is 9.09. The van der Waals surface area contributed by atoms with E-state index in [0.29, 0.717) is 5.56 Å². The molecular formula is C19H19Cl2NO5S. The third-order valence-corrected chi connectivity index (χ3v) is 7.01. The van der Waals surface area contributed by atoms with E-state index in [2.05, 4.69) is 0 Å². The minimum atomic E-state index is -3.90. The number of carbonyl (C=O) groups is 1. The van der Waals surface area contributed by atoms with E-state index >= 15 is 0 Å². The van der Waals surface area contributed by atoms with Crippen molar-refractivity contribution in [1.29, 1.82) is 0 Å². The Morgan fingerprint density at radius 3 is 2.61 bits per heavy atom. The number of rotatable bonds is 6. The van der Waals surface area contributed by atoms with Crippen LogP contribution in [0.4, 0.5) is 0 Å². The first-order chi connectivity index (χ1) is 13.3. The molecule has 3 rings (SSSR count). The Balaban J connectivity index is 1.98. The summed E-state index contributed by atoms with van der Waals surface area (Å²) in [6.07, 6.45) is -0.919. The standard InChI is InChI=1S/C19H19Cl2NO5S/c1-3-26-19(23)15-9-13-16(10-14(20)17(21)18(13)27-15)28(24,25)22(2)11-12-7-5-4-6-8-12/h4-8,10,15H,3,9,11H2,1-2H3. The van der Waals surface area contributed by atoms with Crippen molar-refractivity contribution in [2.24, 2.45) is 0 Å². The van der Waals surface area contributed by atoms with Gasteiger partial charge in [-0.05, 0) is 18.6 Å². The fraction of sp³-hybridized carbons (Fsp3) is 0.316. The molecule has 9 heteroatoms. The highest BCUT2D eigenvalue weighted by atomic mass is 35.5. The topological polar surface area (TPSA) is 72.9 Å². The fourth-order valence-electron chi connectivity index (χ4n) is 2.99. The Bertz CT molecular complexity index is 995. The lowest BCUT2D eigenvalue weighted by atomic mass is 10.1. The van der Waals surface area contributed by atoms with Crippen LogP contribution in [-0.2, 0) is 32.5 Å². The van der Waals surface area contributed by atoms with Crippen molar-refractivity contribution in [2.45, 2.75) is 30.9 Å². The summed E-state index contributed by atoms with van der Waals surface area (Å²) in [5.74, 6) is -0.467. The van der Waals surface area contributed by atoms with E-state index in [1.165, 1.54) is 17.4 Å². The minimum absolute atomic E-state index is 0.0258. The quantitative estimate of drug-likeness (QED) is 0.636. The van der Waals surface area contributed by atoms with E-state index in [0.717, 1.165) is 5.56 Å². The van der Waals surface area contributed by atoms with Crippen molar-refractivity contribution in [3.8, 4) is 5.75 Å². The van der Waals surface area contributed by atoms with E-state index in [-0.39, 0.29) is 40.3 Å². The molecule has 1 heterocycles. The summed E-state index contributed by atoms with van der Waals surface area (Å²) in [6, 6.07) is 10.5. The normalized spacial score (nSPS) is 16.0. The van der Waals surface area contributed by atoms with Gasteiger partial charge in [-0.2, -0.15) is 4.31 Å². The molecule has 1 aliphatic rings. The van der Waals surface area contributed by atoms with E-state index in [9.17, 15) is 13.2 Å². The summed E-state index contributed by atoms with van der Waals surface area (Å²) < 4.78 is 38.2. The third kappa shape index (κ3) is 3.98. The molecule has 1 unspecified atom stereocenters. The van der Waals surface area contributed by atoms with Gasteiger partial charge in [-0.3, -0.25) is 0 Å². The predicted octanol–water partition coefficient (Wildman–Crippen LogP) is 3.68. The van der Waals surface area contributed by atoms with E-state index < -0.39 is 22.1 Å². The second-order valence-electron chi connectivity index (χ2n) is 6.29. The Morgan fingerprint density at radius 1 is 1.29 bits per heavy atom. The molecule has 1 atom stereocenters. The summed E-state index contributed by atoms with van der Waals surface area (Å²) in [5.41, 5.74) is 1.17. The number of sulfonamides is 1. The Labute approximate surface area is 174 Å². The molecule has 2 aromatic rings. The van der Waals surface area contributed by atoms with Crippen LogP contribution in [0.1, 0.15) is 18.1 Å². The van der Waals surface area contributed by atoms with Gasteiger partial charge in [0.05, 0.1) is 16.5 Å². The van der Waals surface area contributed by atoms with Crippen LogP contribution in [0.25, 0.3) is 0 Å². The van der Waals surface area contributed by atoms with Gasteiger partial charge in [0.25, 0.3) is 0 Å². The van der Waals surface area contributed by atoms with Gasteiger partial charge >= 0.3 is 5.97 Å². The average Bonchev–Trinajstić information content (AvgIpc) is 3.11. The number of fused-ring (bicyclic) bond motifs is 1. The van der Waals surface area contributed by atoms with Crippen molar-refractivity contribution in [1.82, 2.24) is 4.31 Å². The first-order valence-electron chi connectivity index (χ1n) is 8.60. The zero-order chi connectivity index (χ0) is 20.5. The summed E-state index contributed by atoms with van der Waals surface area (Å²) in [6.45, 7) is 2.05. The predicted molar refractivity (Wildman–Crippen MR) is 106 cm³/mol. The van der Waals surface area contributed by atoms with Crippen LogP contribution in [0.5, 0.6) is 5.75 Å². The largest absolute Gasteiger partial charge is 0.476 e. The highest BCUT2D eigenvalue weighted by molar-refractivity contribution is 7.89. The molecule has 0 aromatic heterocycles. The fourth-order valence-corrected chi connectivity index (χ4v) is 4.88. The number of carbonyl (C=O) groups excluding carboxylic acids is 1. The summed E-state index contributed by atoms with van der Waals surface area (Å²) in [4.78, 5) is 12.0. The summed E-state index contributed by atoms with van der Waals surface area (Å²) >= 11 is 12.3. The van der Waals surface area contributed by atoms with Gasteiger partial charge in [0.1, 0.15) is 10.8 Å². The number of halogens is 2. The molecule has 0 radical (unpaired) electrons. The molecular weight excluding hydrogens is 425 g/mol. The van der Waals surface area contributed by atoms with Crippen LogP contribution in [-0.4, -0.2) is 38.5 Å². The Kier molecular flexibility index (Phi) is 6.19. The van der Waals surface area contributed by atoms with E-state index in [1.54, 1.807) is 6.92 Å². The van der Waals surface area contributed by atoms with Crippen LogP contribution < -0.4 is 4.74 Å². The maximum Gasteiger partial charge on any atom is 0.347 e. The average molecular weight is 444 g/mol. The summed E-state index contributed by atoms with van der Waals surface area (Å²) in [5, 5.41) is 0.115. The Hall–Kier alpha value is -1.80. The van der Waals surface area contributed by atoms with Crippen LogP contribution in [0, 0.1) is 0 Å². The first kappa shape index (κ1) is 20.9. The molecule has 0 bridgehead atoms. The van der Waals surface area contributed by atoms with Gasteiger partial charge < -0.3 is 9.47 Å². The third-order valence-electron chi connectivity index (χ3n) is 4.37.